The fourth-order valence-electron chi connectivity index (χ4n) is 2.27. The molecule has 0 bridgehead atoms. The third kappa shape index (κ3) is 4.64. The molecule has 5 heteroatoms. The number of benzene rings is 2. The molecule has 0 amide bonds. The van der Waals surface area contributed by atoms with Crippen molar-refractivity contribution >= 4 is 11.6 Å². The highest BCUT2D eigenvalue weighted by Crippen LogP contribution is 2.26. The van der Waals surface area contributed by atoms with Gasteiger partial charge in [0.25, 0.3) is 0 Å². The Balaban J connectivity index is 1.98. The second-order valence-electron chi connectivity index (χ2n) is 5.22. The lowest BCUT2D eigenvalue weighted by Crippen LogP contribution is -2.23. The number of nitrogens with zero attached hydrogens (tertiary/aromatic N) is 1. The van der Waals surface area contributed by atoms with E-state index in [9.17, 15) is 0 Å². The molecule has 122 valence electrons. The van der Waals surface area contributed by atoms with Crippen LogP contribution in [0.25, 0.3) is 0 Å². The maximum Gasteiger partial charge on any atom is 0.193 e. The molecule has 0 aliphatic rings. The Kier molecular flexibility index (Phi) is 5.86. The molecule has 23 heavy (non-hydrogen) atoms. The van der Waals surface area contributed by atoms with E-state index in [1.54, 1.807) is 14.2 Å². The number of hydrogen-bond acceptors (Lipinski definition) is 3. The van der Waals surface area contributed by atoms with Crippen molar-refractivity contribution in [2.75, 3.05) is 26.1 Å². The highest BCUT2D eigenvalue weighted by Gasteiger charge is 2.10. The number of hydrogen-bond donors (Lipinski definition) is 2. The number of rotatable bonds is 6. The number of guanidine groups is 1. The summed E-state index contributed by atoms with van der Waals surface area (Å²) in [6.45, 7) is 2.68. The molecule has 0 heterocycles. The predicted molar refractivity (Wildman–Crippen MR) is 94.5 cm³/mol. The molecule has 0 radical (unpaired) electrons. The number of methoxy groups -OCH3 is 2. The van der Waals surface area contributed by atoms with Crippen molar-refractivity contribution in [2.45, 2.75) is 12.8 Å². The molecule has 0 spiro atoms. The Labute approximate surface area is 137 Å². The van der Waals surface area contributed by atoms with Crippen LogP contribution >= 0.6 is 0 Å². The highest BCUT2D eigenvalue weighted by molar-refractivity contribution is 5.92. The quantitative estimate of drug-likeness (QED) is 0.634. The van der Waals surface area contributed by atoms with Gasteiger partial charge in [0.05, 0.1) is 14.2 Å². The smallest absolute Gasteiger partial charge is 0.193 e. The van der Waals surface area contributed by atoms with Gasteiger partial charge in [-0.05, 0) is 35.9 Å². The van der Waals surface area contributed by atoms with Crippen LogP contribution in [0.15, 0.2) is 53.5 Å². The van der Waals surface area contributed by atoms with Crippen molar-refractivity contribution in [1.82, 2.24) is 0 Å². The maximum absolute atomic E-state index is 5.95. The molecule has 1 atom stereocenters. The van der Waals surface area contributed by atoms with Gasteiger partial charge in [0.15, 0.2) is 5.96 Å². The van der Waals surface area contributed by atoms with E-state index in [-0.39, 0.29) is 5.92 Å². The summed E-state index contributed by atoms with van der Waals surface area (Å²) in [6.07, 6.45) is 0. The van der Waals surface area contributed by atoms with Gasteiger partial charge in [-0.15, -0.1) is 0 Å². The maximum atomic E-state index is 5.95. The zero-order valence-electron chi connectivity index (χ0n) is 13.7. The van der Waals surface area contributed by atoms with Crippen LogP contribution < -0.4 is 20.5 Å². The first-order valence-electron chi connectivity index (χ1n) is 7.48. The molecule has 0 aliphatic heterocycles. The average molecular weight is 313 g/mol. The van der Waals surface area contributed by atoms with Gasteiger partial charge in [-0.1, -0.05) is 25.1 Å². The molecule has 0 fully saturated rings. The lowest BCUT2D eigenvalue weighted by molar-refractivity contribution is 0.407. The van der Waals surface area contributed by atoms with Gasteiger partial charge >= 0.3 is 0 Å². The van der Waals surface area contributed by atoms with E-state index < -0.39 is 0 Å². The zero-order chi connectivity index (χ0) is 16.7. The molecular weight excluding hydrogens is 290 g/mol. The van der Waals surface area contributed by atoms with E-state index in [1.165, 1.54) is 0 Å². The Hall–Kier alpha value is -2.69. The minimum atomic E-state index is 0.211. The lowest BCUT2D eigenvalue weighted by Gasteiger charge is -2.14. The van der Waals surface area contributed by atoms with Crippen LogP contribution in [0.4, 0.5) is 5.69 Å². The van der Waals surface area contributed by atoms with Gasteiger partial charge in [-0.3, -0.25) is 4.99 Å². The Morgan fingerprint density at radius 2 is 1.78 bits per heavy atom. The summed E-state index contributed by atoms with van der Waals surface area (Å²) in [5.74, 6) is 2.27. The number of anilines is 1. The summed E-state index contributed by atoms with van der Waals surface area (Å²) in [6, 6.07) is 15.5. The fraction of sp³-hybridized carbons (Fsp3) is 0.278. The Bertz CT molecular complexity index is 654. The topological polar surface area (TPSA) is 68.9 Å². The highest BCUT2D eigenvalue weighted by atomic mass is 16.5. The Morgan fingerprint density at radius 1 is 1.09 bits per heavy atom. The third-order valence-corrected chi connectivity index (χ3v) is 3.57. The molecule has 0 saturated heterocycles. The number of nitrogens with one attached hydrogen (secondary N) is 1. The molecular formula is C18H23N3O2. The first kappa shape index (κ1) is 16.7. The molecule has 0 saturated carbocycles. The van der Waals surface area contributed by atoms with Crippen molar-refractivity contribution < 1.29 is 9.47 Å². The van der Waals surface area contributed by atoms with Crippen molar-refractivity contribution in [1.29, 1.82) is 0 Å². The van der Waals surface area contributed by atoms with E-state index in [0.717, 1.165) is 22.7 Å². The van der Waals surface area contributed by atoms with Gasteiger partial charge in [-0.2, -0.15) is 0 Å². The normalized spacial score (nSPS) is 12.6. The van der Waals surface area contributed by atoms with E-state index >= 15 is 0 Å². The number of para-hydroxylation sites is 1. The predicted octanol–water partition coefficient (Wildman–Crippen LogP) is 3.23. The van der Waals surface area contributed by atoms with Crippen molar-refractivity contribution in [2.24, 2.45) is 10.7 Å². The van der Waals surface area contributed by atoms with Gasteiger partial charge in [0.2, 0.25) is 0 Å². The van der Waals surface area contributed by atoms with Crippen molar-refractivity contribution in [3.8, 4) is 11.5 Å². The van der Waals surface area contributed by atoms with Crippen LogP contribution in [0.2, 0.25) is 0 Å². The molecule has 5 nitrogen and oxygen atoms in total. The van der Waals surface area contributed by atoms with E-state index in [4.69, 9.17) is 15.2 Å². The summed E-state index contributed by atoms with van der Waals surface area (Å²) in [5.41, 5.74) is 7.94. The van der Waals surface area contributed by atoms with E-state index in [2.05, 4.69) is 17.2 Å². The summed E-state index contributed by atoms with van der Waals surface area (Å²) < 4.78 is 10.5. The molecule has 2 aromatic rings. The molecule has 3 N–H and O–H groups in total. The number of nitrogens with two attached hydrogens (primary N) is 1. The van der Waals surface area contributed by atoms with Crippen molar-refractivity contribution in [3.05, 3.63) is 54.1 Å². The van der Waals surface area contributed by atoms with Gasteiger partial charge in [0, 0.05) is 18.2 Å². The standard InChI is InChI=1S/C18H23N3O2/c1-13(16-6-4-5-7-17(16)23-3)12-20-18(19)21-14-8-10-15(22-2)11-9-14/h4-11,13H,12H2,1-3H3,(H3,19,20,21). The summed E-state index contributed by atoms with van der Waals surface area (Å²) in [4.78, 5) is 4.41. The fourth-order valence-corrected chi connectivity index (χ4v) is 2.27. The minimum absolute atomic E-state index is 0.211. The molecule has 0 aliphatic carbocycles. The van der Waals surface area contributed by atoms with Crippen LogP contribution in [0.1, 0.15) is 18.4 Å². The number of ether oxygens (including phenoxy) is 2. The van der Waals surface area contributed by atoms with Crippen LogP contribution in [0.3, 0.4) is 0 Å². The van der Waals surface area contributed by atoms with Crippen LogP contribution in [-0.2, 0) is 0 Å². The summed E-state index contributed by atoms with van der Waals surface area (Å²) in [5, 5.41) is 3.07. The first-order valence-corrected chi connectivity index (χ1v) is 7.48. The molecule has 1 unspecified atom stereocenters. The lowest BCUT2D eigenvalue weighted by atomic mass is 10.0. The largest absolute Gasteiger partial charge is 0.497 e. The van der Waals surface area contributed by atoms with E-state index in [1.807, 2.05) is 48.5 Å². The second kappa shape index (κ2) is 8.08. The monoisotopic (exact) mass is 313 g/mol. The van der Waals surface area contributed by atoms with Crippen LogP contribution in [0, 0.1) is 0 Å². The van der Waals surface area contributed by atoms with E-state index in [0.29, 0.717) is 12.5 Å². The van der Waals surface area contributed by atoms with Gasteiger partial charge in [-0.25, -0.2) is 0 Å². The zero-order valence-corrected chi connectivity index (χ0v) is 13.7. The van der Waals surface area contributed by atoms with Gasteiger partial charge in [0.1, 0.15) is 11.5 Å². The summed E-state index contributed by atoms with van der Waals surface area (Å²) in [7, 11) is 3.31. The third-order valence-electron chi connectivity index (χ3n) is 3.57. The SMILES string of the molecule is COc1ccc(NC(N)=NCC(C)c2ccccc2OC)cc1. The molecule has 0 aromatic heterocycles. The number of aliphatic imine (C=N–C) groups is 1. The van der Waals surface area contributed by atoms with Crippen LogP contribution in [-0.4, -0.2) is 26.7 Å². The molecule has 2 aromatic carbocycles. The van der Waals surface area contributed by atoms with Crippen molar-refractivity contribution in [3.63, 3.8) is 0 Å². The average Bonchev–Trinajstić information content (AvgIpc) is 2.60. The minimum Gasteiger partial charge on any atom is -0.497 e. The van der Waals surface area contributed by atoms with Crippen LogP contribution in [0.5, 0.6) is 11.5 Å². The van der Waals surface area contributed by atoms with Gasteiger partial charge < -0.3 is 20.5 Å². The Morgan fingerprint density at radius 3 is 2.43 bits per heavy atom. The first-order chi connectivity index (χ1) is 11.1. The molecule has 2 rings (SSSR count). The second-order valence-corrected chi connectivity index (χ2v) is 5.22. The summed E-state index contributed by atoms with van der Waals surface area (Å²) >= 11 is 0.